The molecule has 27 heavy (non-hydrogen) atoms. The fourth-order valence-electron chi connectivity index (χ4n) is 2.36. The lowest BCUT2D eigenvalue weighted by Crippen LogP contribution is -2.10. The molecule has 138 valence electrons. The average molecular weight is 384 g/mol. The number of carbonyl (C=O) groups is 1. The van der Waals surface area contributed by atoms with Gasteiger partial charge in [0.15, 0.2) is 5.75 Å². The number of nitro benzene ring substituents is 1. The molecule has 0 aliphatic heterocycles. The molecule has 0 radical (unpaired) electrons. The maximum atomic E-state index is 12.4. The summed E-state index contributed by atoms with van der Waals surface area (Å²) < 4.78 is 10.7. The van der Waals surface area contributed by atoms with Crippen LogP contribution >= 0.6 is 11.3 Å². The first-order chi connectivity index (χ1) is 13.1. The van der Waals surface area contributed by atoms with Crippen LogP contribution in [-0.2, 0) is 6.61 Å². The number of nitro groups is 1. The van der Waals surface area contributed by atoms with Crippen molar-refractivity contribution >= 4 is 28.6 Å². The number of para-hydroxylation sites is 2. The summed E-state index contributed by atoms with van der Waals surface area (Å²) in [6.07, 6.45) is 0. The van der Waals surface area contributed by atoms with Crippen LogP contribution in [0.5, 0.6) is 11.5 Å². The summed E-state index contributed by atoms with van der Waals surface area (Å²) in [5.41, 5.74) is 1.29. The number of carbonyl (C=O) groups excluding carboxylic acids is 1. The molecule has 0 aliphatic carbocycles. The van der Waals surface area contributed by atoms with E-state index < -0.39 is 4.92 Å². The molecule has 0 spiro atoms. The second-order valence-corrected chi connectivity index (χ2v) is 6.43. The van der Waals surface area contributed by atoms with Crippen molar-refractivity contribution in [3.8, 4) is 11.5 Å². The van der Waals surface area contributed by atoms with E-state index in [0.717, 1.165) is 5.56 Å². The molecule has 0 saturated heterocycles. The van der Waals surface area contributed by atoms with Crippen LogP contribution in [0, 0.1) is 10.1 Å². The van der Waals surface area contributed by atoms with Crippen LogP contribution in [0.15, 0.2) is 60.0 Å². The van der Waals surface area contributed by atoms with Gasteiger partial charge in [-0.05, 0) is 29.6 Å². The molecule has 1 amide bonds. The first kappa shape index (κ1) is 18.4. The topological polar surface area (TPSA) is 90.7 Å². The lowest BCUT2D eigenvalue weighted by molar-refractivity contribution is -0.385. The molecule has 1 N–H and O–H groups in total. The fourth-order valence-corrected chi connectivity index (χ4v) is 3.15. The van der Waals surface area contributed by atoms with E-state index in [1.54, 1.807) is 61.0 Å². The Balaban J connectivity index is 1.64. The highest BCUT2D eigenvalue weighted by atomic mass is 32.1. The van der Waals surface area contributed by atoms with Gasteiger partial charge in [0.1, 0.15) is 12.4 Å². The second kappa shape index (κ2) is 8.33. The Labute approximate surface area is 159 Å². The van der Waals surface area contributed by atoms with Gasteiger partial charge < -0.3 is 14.8 Å². The third-order valence-electron chi connectivity index (χ3n) is 3.66. The molecule has 2 aromatic carbocycles. The molecule has 0 saturated carbocycles. The van der Waals surface area contributed by atoms with Gasteiger partial charge in [-0.25, -0.2) is 0 Å². The molecule has 0 bridgehead atoms. The predicted molar refractivity (Wildman–Crippen MR) is 103 cm³/mol. The molecule has 0 aliphatic rings. The van der Waals surface area contributed by atoms with Gasteiger partial charge in [-0.2, -0.15) is 0 Å². The molecule has 1 heterocycles. The molecule has 3 rings (SSSR count). The summed E-state index contributed by atoms with van der Waals surface area (Å²) in [7, 11) is 1.56. The van der Waals surface area contributed by atoms with Crippen LogP contribution in [0.2, 0.25) is 0 Å². The molecule has 0 unspecified atom stereocenters. The van der Waals surface area contributed by atoms with Crippen LogP contribution < -0.4 is 14.8 Å². The number of nitrogens with one attached hydrogen (secondary N) is 1. The van der Waals surface area contributed by atoms with Gasteiger partial charge >= 0.3 is 5.69 Å². The van der Waals surface area contributed by atoms with Crippen molar-refractivity contribution in [3.05, 3.63) is 80.5 Å². The zero-order chi connectivity index (χ0) is 19.2. The van der Waals surface area contributed by atoms with E-state index in [0.29, 0.717) is 16.3 Å². The van der Waals surface area contributed by atoms with Crippen LogP contribution in [-0.4, -0.2) is 17.9 Å². The fraction of sp³-hybridized carbons (Fsp3) is 0.105. The van der Waals surface area contributed by atoms with Gasteiger partial charge in [-0.1, -0.05) is 18.2 Å². The molecule has 0 atom stereocenters. The highest BCUT2D eigenvalue weighted by Gasteiger charge is 2.15. The number of nitrogens with zero attached hydrogens (tertiary/aromatic N) is 1. The van der Waals surface area contributed by atoms with Crippen LogP contribution in [0.4, 0.5) is 11.4 Å². The van der Waals surface area contributed by atoms with Gasteiger partial charge in [0.25, 0.3) is 5.91 Å². The lowest BCUT2D eigenvalue weighted by Gasteiger charge is -2.06. The number of thiophene rings is 1. The van der Waals surface area contributed by atoms with Crippen LogP contribution in [0.3, 0.4) is 0 Å². The summed E-state index contributed by atoms with van der Waals surface area (Å²) in [4.78, 5) is 23.4. The molecule has 3 aromatic rings. The minimum Gasteiger partial charge on any atom is -0.497 e. The normalized spacial score (nSPS) is 10.3. The third kappa shape index (κ3) is 4.62. The Hall–Kier alpha value is -3.39. The van der Waals surface area contributed by atoms with E-state index in [1.165, 1.54) is 17.4 Å². The molecule has 8 heteroatoms. The van der Waals surface area contributed by atoms with Gasteiger partial charge in [0.05, 0.1) is 16.9 Å². The first-order valence-electron chi connectivity index (χ1n) is 7.96. The number of rotatable bonds is 7. The number of ether oxygens (including phenoxy) is 2. The predicted octanol–water partition coefficient (Wildman–Crippen LogP) is 4.50. The van der Waals surface area contributed by atoms with E-state index >= 15 is 0 Å². The molecular formula is C19H16N2O5S. The van der Waals surface area contributed by atoms with Gasteiger partial charge in [-0.3, -0.25) is 14.9 Å². The average Bonchev–Trinajstić information content (AvgIpc) is 3.16. The Morgan fingerprint density at radius 3 is 2.78 bits per heavy atom. The van der Waals surface area contributed by atoms with Crippen LogP contribution in [0.1, 0.15) is 15.2 Å². The summed E-state index contributed by atoms with van der Waals surface area (Å²) in [6, 6.07) is 15.0. The van der Waals surface area contributed by atoms with E-state index in [1.807, 2.05) is 0 Å². The van der Waals surface area contributed by atoms with Gasteiger partial charge in [0, 0.05) is 23.4 Å². The van der Waals surface area contributed by atoms with E-state index in [4.69, 9.17) is 9.47 Å². The van der Waals surface area contributed by atoms with E-state index in [2.05, 4.69) is 5.32 Å². The molecular weight excluding hydrogens is 368 g/mol. The maximum Gasteiger partial charge on any atom is 0.310 e. The van der Waals surface area contributed by atoms with Crippen LogP contribution in [0.25, 0.3) is 0 Å². The Morgan fingerprint density at radius 1 is 1.19 bits per heavy atom. The number of amides is 1. The number of methoxy groups -OCH3 is 1. The smallest absolute Gasteiger partial charge is 0.310 e. The highest BCUT2D eigenvalue weighted by Crippen LogP contribution is 2.27. The molecule has 7 nitrogen and oxygen atoms in total. The van der Waals surface area contributed by atoms with Crippen molar-refractivity contribution in [2.24, 2.45) is 0 Å². The summed E-state index contributed by atoms with van der Waals surface area (Å²) in [5.74, 6) is 0.596. The monoisotopic (exact) mass is 384 g/mol. The van der Waals surface area contributed by atoms with Gasteiger partial charge in [-0.15, -0.1) is 11.3 Å². The van der Waals surface area contributed by atoms with Crippen molar-refractivity contribution < 1.29 is 19.2 Å². The van der Waals surface area contributed by atoms with Crippen molar-refractivity contribution in [2.45, 2.75) is 6.61 Å². The number of hydrogen-bond acceptors (Lipinski definition) is 6. The first-order valence-corrected chi connectivity index (χ1v) is 8.84. The zero-order valence-electron chi connectivity index (χ0n) is 14.4. The Bertz CT molecular complexity index is 970. The molecule has 1 aromatic heterocycles. The Morgan fingerprint density at radius 2 is 2.00 bits per heavy atom. The van der Waals surface area contributed by atoms with E-state index in [9.17, 15) is 14.9 Å². The SMILES string of the molecule is COc1cccc(NC(=O)c2cc(COc3ccccc3[N+](=O)[O-])cs2)c1. The van der Waals surface area contributed by atoms with Crippen molar-refractivity contribution in [2.75, 3.05) is 12.4 Å². The lowest BCUT2D eigenvalue weighted by atomic mass is 10.2. The zero-order valence-corrected chi connectivity index (χ0v) is 15.2. The maximum absolute atomic E-state index is 12.4. The second-order valence-electron chi connectivity index (χ2n) is 5.52. The minimum absolute atomic E-state index is 0.0938. The number of benzene rings is 2. The molecule has 0 fully saturated rings. The summed E-state index contributed by atoms with van der Waals surface area (Å²) in [6.45, 7) is 0.133. The van der Waals surface area contributed by atoms with Crippen molar-refractivity contribution in [3.63, 3.8) is 0 Å². The largest absolute Gasteiger partial charge is 0.497 e. The summed E-state index contributed by atoms with van der Waals surface area (Å²) >= 11 is 1.28. The highest BCUT2D eigenvalue weighted by molar-refractivity contribution is 7.12. The van der Waals surface area contributed by atoms with E-state index in [-0.39, 0.29) is 24.0 Å². The minimum atomic E-state index is -0.490. The number of hydrogen-bond donors (Lipinski definition) is 1. The number of anilines is 1. The Kier molecular flexibility index (Phi) is 5.68. The van der Waals surface area contributed by atoms with Crippen molar-refractivity contribution in [1.82, 2.24) is 0 Å². The standard InChI is InChI=1S/C19H16N2O5S/c1-25-15-6-4-5-14(10-15)20-19(22)18-9-13(12-27-18)11-26-17-8-3-2-7-16(17)21(23)24/h2-10,12H,11H2,1H3,(H,20,22). The quantitative estimate of drug-likeness (QED) is 0.478. The van der Waals surface area contributed by atoms with Gasteiger partial charge in [0.2, 0.25) is 0 Å². The van der Waals surface area contributed by atoms with Crippen molar-refractivity contribution in [1.29, 1.82) is 0 Å². The summed E-state index contributed by atoms with van der Waals surface area (Å²) in [5, 5.41) is 15.6. The third-order valence-corrected chi connectivity index (χ3v) is 4.64.